The van der Waals surface area contributed by atoms with E-state index in [1.807, 2.05) is 12.1 Å². The predicted octanol–water partition coefficient (Wildman–Crippen LogP) is 2.10. The Balaban J connectivity index is 2.39. The van der Waals surface area contributed by atoms with Crippen molar-refractivity contribution < 1.29 is 14.6 Å². The number of nitrogens with one attached hydrogen (secondary N) is 1. The number of ether oxygens (including phenoxy) is 2. The summed E-state index contributed by atoms with van der Waals surface area (Å²) < 4.78 is 10.2. The number of hydrogen-bond acceptors (Lipinski definition) is 4. The van der Waals surface area contributed by atoms with Crippen LogP contribution in [0.5, 0.6) is 5.75 Å². The summed E-state index contributed by atoms with van der Waals surface area (Å²) in [4.78, 5) is 0. The monoisotopic (exact) mass is 293 g/mol. The van der Waals surface area contributed by atoms with Crippen LogP contribution < -0.4 is 10.1 Å². The first-order chi connectivity index (χ1) is 8.69. The maximum atomic E-state index is 8.52. The molecule has 0 saturated carbocycles. The summed E-state index contributed by atoms with van der Waals surface area (Å²) in [6.07, 6.45) is 0. The number of aliphatic hydroxyl groups excluding tert-OH is 1. The van der Waals surface area contributed by atoms with E-state index in [0.717, 1.165) is 5.56 Å². The highest BCUT2D eigenvalue weighted by atomic mass is 35.5. The molecule has 0 saturated heterocycles. The summed E-state index contributed by atoms with van der Waals surface area (Å²) in [7, 11) is 1.53. The molecular formula is C12H17Cl2NO3. The quantitative estimate of drug-likeness (QED) is 0.721. The van der Waals surface area contributed by atoms with E-state index in [4.69, 9.17) is 37.8 Å². The lowest BCUT2D eigenvalue weighted by atomic mass is 10.2. The lowest BCUT2D eigenvalue weighted by Crippen LogP contribution is -2.20. The van der Waals surface area contributed by atoms with Crippen LogP contribution in [0.15, 0.2) is 12.1 Å². The van der Waals surface area contributed by atoms with Crippen LogP contribution in [0, 0.1) is 0 Å². The van der Waals surface area contributed by atoms with E-state index in [9.17, 15) is 0 Å². The smallest absolute Gasteiger partial charge is 0.156 e. The highest BCUT2D eigenvalue weighted by Crippen LogP contribution is 2.33. The van der Waals surface area contributed by atoms with Crippen molar-refractivity contribution in [2.24, 2.45) is 0 Å². The first kappa shape index (κ1) is 15.5. The van der Waals surface area contributed by atoms with Gasteiger partial charge in [-0.15, -0.1) is 0 Å². The molecule has 0 aromatic heterocycles. The standard InChI is InChI=1S/C12H17Cl2NO3/c1-17-12-10(13)6-9(7-11(12)14)8-15-2-4-18-5-3-16/h6-7,15-16H,2-5,8H2,1H3. The summed E-state index contributed by atoms with van der Waals surface area (Å²) in [5.74, 6) is 0.494. The summed E-state index contributed by atoms with van der Waals surface area (Å²) in [5, 5.41) is 12.7. The molecule has 0 fully saturated rings. The van der Waals surface area contributed by atoms with Crippen molar-refractivity contribution in [2.75, 3.05) is 33.5 Å². The molecule has 1 aromatic carbocycles. The summed E-state index contributed by atoms with van der Waals surface area (Å²) in [5.41, 5.74) is 0.980. The number of hydrogen-bond donors (Lipinski definition) is 2. The molecule has 0 aliphatic rings. The maximum Gasteiger partial charge on any atom is 0.156 e. The van der Waals surface area contributed by atoms with Gasteiger partial charge >= 0.3 is 0 Å². The summed E-state index contributed by atoms with van der Waals surface area (Å²) in [6, 6.07) is 3.63. The minimum absolute atomic E-state index is 0.0453. The third-order valence-electron chi connectivity index (χ3n) is 2.25. The molecule has 0 aliphatic carbocycles. The first-order valence-electron chi connectivity index (χ1n) is 5.60. The molecule has 0 spiro atoms. The van der Waals surface area contributed by atoms with Gasteiger partial charge in [-0.2, -0.15) is 0 Å². The van der Waals surface area contributed by atoms with Gasteiger partial charge in [-0.05, 0) is 17.7 Å². The van der Waals surface area contributed by atoms with Crippen molar-refractivity contribution in [3.05, 3.63) is 27.7 Å². The average molecular weight is 294 g/mol. The Bertz CT molecular complexity index is 351. The number of methoxy groups -OCH3 is 1. The van der Waals surface area contributed by atoms with Gasteiger partial charge in [0.05, 0.1) is 37.0 Å². The molecule has 0 heterocycles. The van der Waals surface area contributed by atoms with E-state index < -0.39 is 0 Å². The first-order valence-corrected chi connectivity index (χ1v) is 6.36. The Kier molecular flexibility index (Phi) is 7.39. The highest BCUT2D eigenvalue weighted by molar-refractivity contribution is 6.37. The normalized spacial score (nSPS) is 10.7. The third kappa shape index (κ3) is 5.00. The molecule has 2 N–H and O–H groups in total. The zero-order valence-corrected chi connectivity index (χ0v) is 11.7. The minimum atomic E-state index is 0.0453. The fourth-order valence-electron chi connectivity index (χ4n) is 1.45. The number of rotatable bonds is 8. The molecule has 6 heteroatoms. The van der Waals surface area contributed by atoms with Gasteiger partial charge in [-0.25, -0.2) is 0 Å². The van der Waals surface area contributed by atoms with Crippen LogP contribution in [-0.4, -0.2) is 38.6 Å². The van der Waals surface area contributed by atoms with Crippen LogP contribution in [-0.2, 0) is 11.3 Å². The summed E-state index contributed by atoms with van der Waals surface area (Å²) >= 11 is 12.1. The molecule has 0 atom stereocenters. The number of benzene rings is 1. The number of aliphatic hydroxyl groups is 1. The molecule has 18 heavy (non-hydrogen) atoms. The second-order valence-electron chi connectivity index (χ2n) is 3.61. The van der Waals surface area contributed by atoms with Crippen molar-refractivity contribution in [3.63, 3.8) is 0 Å². The van der Waals surface area contributed by atoms with E-state index in [0.29, 0.717) is 42.1 Å². The molecule has 0 amide bonds. The average Bonchev–Trinajstić information content (AvgIpc) is 2.33. The summed E-state index contributed by atoms with van der Waals surface area (Å²) in [6.45, 7) is 2.30. The molecule has 1 rings (SSSR count). The van der Waals surface area contributed by atoms with Gasteiger partial charge in [0.15, 0.2) is 5.75 Å². The second kappa shape index (κ2) is 8.56. The number of halogens is 2. The topological polar surface area (TPSA) is 50.7 Å². The van der Waals surface area contributed by atoms with Gasteiger partial charge in [0.25, 0.3) is 0 Å². The van der Waals surface area contributed by atoms with Gasteiger partial charge in [0.2, 0.25) is 0 Å². The van der Waals surface area contributed by atoms with Gasteiger partial charge < -0.3 is 19.9 Å². The Labute approximate surface area is 117 Å². The van der Waals surface area contributed by atoms with E-state index in [1.165, 1.54) is 7.11 Å². The van der Waals surface area contributed by atoms with E-state index in [-0.39, 0.29) is 6.61 Å². The second-order valence-corrected chi connectivity index (χ2v) is 4.42. The van der Waals surface area contributed by atoms with Gasteiger partial charge in [0, 0.05) is 13.1 Å². The highest BCUT2D eigenvalue weighted by Gasteiger charge is 2.08. The van der Waals surface area contributed by atoms with Crippen LogP contribution in [0.2, 0.25) is 10.0 Å². The Hall–Kier alpha value is -0.520. The Morgan fingerprint density at radius 2 is 1.89 bits per heavy atom. The minimum Gasteiger partial charge on any atom is -0.494 e. The molecule has 4 nitrogen and oxygen atoms in total. The zero-order chi connectivity index (χ0) is 13.4. The van der Waals surface area contributed by atoms with Crippen LogP contribution >= 0.6 is 23.2 Å². The van der Waals surface area contributed by atoms with Gasteiger partial charge in [-0.1, -0.05) is 23.2 Å². The Morgan fingerprint density at radius 1 is 1.22 bits per heavy atom. The van der Waals surface area contributed by atoms with Gasteiger partial charge in [-0.3, -0.25) is 0 Å². The van der Waals surface area contributed by atoms with Crippen LogP contribution in [0.4, 0.5) is 0 Å². The van der Waals surface area contributed by atoms with Crippen LogP contribution in [0.1, 0.15) is 5.56 Å². The zero-order valence-electron chi connectivity index (χ0n) is 10.2. The van der Waals surface area contributed by atoms with Crippen molar-refractivity contribution >= 4 is 23.2 Å². The molecule has 1 aromatic rings. The van der Waals surface area contributed by atoms with Crippen LogP contribution in [0.3, 0.4) is 0 Å². The molecule has 102 valence electrons. The largest absolute Gasteiger partial charge is 0.494 e. The van der Waals surface area contributed by atoms with Crippen molar-refractivity contribution in [2.45, 2.75) is 6.54 Å². The predicted molar refractivity (Wildman–Crippen MR) is 72.6 cm³/mol. The van der Waals surface area contributed by atoms with Crippen molar-refractivity contribution in [3.8, 4) is 5.75 Å². The maximum absolute atomic E-state index is 8.52. The fourth-order valence-corrected chi connectivity index (χ4v) is 2.14. The van der Waals surface area contributed by atoms with Crippen LogP contribution in [0.25, 0.3) is 0 Å². The van der Waals surface area contributed by atoms with E-state index in [1.54, 1.807) is 0 Å². The molecule has 0 aliphatic heterocycles. The van der Waals surface area contributed by atoms with Gasteiger partial charge in [0.1, 0.15) is 0 Å². The van der Waals surface area contributed by atoms with E-state index in [2.05, 4.69) is 5.32 Å². The Morgan fingerprint density at radius 3 is 2.44 bits per heavy atom. The molecule has 0 bridgehead atoms. The molecular weight excluding hydrogens is 277 g/mol. The van der Waals surface area contributed by atoms with Crippen molar-refractivity contribution in [1.82, 2.24) is 5.32 Å². The van der Waals surface area contributed by atoms with Crippen molar-refractivity contribution in [1.29, 1.82) is 0 Å². The molecule has 0 unspecified atom stereocenters. The molecule has 0 radical (unpaired) electrons. The SMILES string of the molecule is COc1c(Cl)cc(CNCCOCCO)cc1Cl. The lowest BCUT2D eigenvalue weighted by Gasteiger charge is -2.09. The van der Waals surface area contributed by atoms with E-state index >= 15 is 0 Å². The third-order valence-corrected chi connectivity index (χ3v) is 2.81. The fraction of sp³-hybridized carbons (Fsp3) is 0.500. The lowest BCUT2D eigenvalue weighted by molar-refractivity contribution is 0.0938.